The normalized spacial score (nSPS) is 13.8. The van der Waals surface area contributed by atoms with Gasteiger partial charge < -0.3 is 29.4 Å². The van der Waals surface area contributed by atoms with Gasteiger partial charge in [-0.15, -0.1) is 0 Å². The molecule has 12 heteroatoms. The first kappa shape index (κ1) is 27.3. The van der Waals surface area contributed by atoms with Crippen molar-refractivity contribution in [1.82, 2.24) is 10.2 Å². The summed E-state index contributed by atoms with van der Waals surface area (Å²) in [6.07, 6.45) is 1.47. The standard InChI is InChI=1S/C27H25ClN4O7/c1-31(2)19-9-4-16(23(13-19)38-15-24(33)29-18-7-5-17(28)6-8-18)12-21-25(34)32(27(36)30-21)14-20-10-11-22(39-20)26(35)37-3/h4-13H,14-15H2,1-3H3,(H,29,33)(H,30,36)/b21-12-. The summed E-state index contributed by atoms with van der Waals surface area (Å²) in [5, 5.41) is 5.80. The Hall–Kier alpha value is -4.77. The summed E-state index contributed by atoms with van der Waals surface area (Å²) in [5.74, 6) is -1.15. The SMILES string of the molecule is COC(=O)c1ccc(CN2C(=O)N/C(=C\c3ccc(N(C)C)cc3OCC(=O)Nc3ccc(Cl)cc3)C2=O)o1. The number of ether oxygens (including phenoxy) is 2. The fraction of sp³-hybridized carbons (Fsp3) is 0.185. The molecule has 2 N–H and O–H groups in total. The van der Waals surface area contributed by atoms with E-state index in [4.69, 9.17) is 20.8 Å². The number of imide groups is 1. The van der Waals surface area contributed by atoms with E-state index in [9.17, 15) is 19.2 Å². The lowest BCUT2D eigenvalue weighted by Gasteiger charge is -2.16. The van der Waals surface area contributed by atoms with Crippen LogP contribution >= 0.6 is 11.6 Å². The number of furan rings is 1. The van der Waals surface area contributed by atoms with Crippen molar-refractivity contribution in [3.05, 3.63) is 82.4 Å². The summed E-state index contributed by atoms with van der Waals surface area (Å²) in [5.41, 5.74) is 1.84. The molecule has 2 aromatic carbocycles. The van der Waals surface area contributed by atoms with Crippen molar-refractivity contribution in [2.75, 3.05) is 38.0 Å². The average Bonchev–Trinajstić information content (AvgIpc) is 3.49. The first-order chi connectivity index (χ1) is 18.6. The number of amides is 4. The molecule has 4 amide bonds. The van der Waals surface area contributed by atoms with E-state index < -0.39 is 23.8 Å². The molecular weight excluding hydrogens is 528 g/mol. The van der Waals surface area contributed by atoms with Gasteiger partial charge >= 0.3 is 12.0 Å². The molecule has 1 fully saturated rings. The Morgan fingerprint density at radius 2 is 1.85 bits per heavy atom. The minimum absolute atomic E-state index is 0.00724. The number of methoxy groups -OCH3 is 1. The van der Waals surface area contributed by atoms with Gasteiger partial charge in [0.1, 0.15) is 17.2 Å². The predicted octanol–water partition coefficient (Wildman–Crippen LogP) is 3.90. The monoisotopic (exact) mass is 552 g/mol. The van der Waals surface area contributed by atoms with Gasteiger partial charge in [0.15, 0.2) is 6.61 Å². The minimum atomic E-state index is -0.672. The van der Waals surface area contributed by atoms with Gasteiger partial charge in [-0.3, -0.25) is 14.5 Å². The Bertz CT molecular complexity index is 1450. The average molecular weight is 553 g/mol. The highest BCUT2D eigenvalue weighted by Gasteiger charge is 2.34. The smallest absolute Gasteiger partial charge is 0.373 e. The van der Waals surface area contributed by atoms with Crippen LogP contribution in [0.15, 0.2) is 64.7 Å². The van der Waals surface area contributed by atoms with E-state index in [-0.39, 0.29) is 30.4 Å². The number of hydrogen-bond donors (Lipinski definition) is 2. The molecule has 0 atom stereocenters. The molecule has 11 nitrogen and oxygen atoms in total. The van der Waals surface area contributed by atoms with Crippen molar-refractivity contribution in [2.24, 2.45) is 0 Å². The van der Waals surface area contributed by atoms with Crippen LogP contribution in [0.4, 0.5) is 16.2 Å². The Morgan fingerprint density at radius 1 is 1.10 bits per heavy atom. The molecule has 0 unspecified atom stereocenters. The molecule has 39 heavy (non-hydrogen) atoms. The number of carbonyl (C=O) groups is 4. The van der Waals surface area contributed by atoms with E-state index in [1.165, 1.54) is 25.3 Å². The van der Waals surface area contributed by atoms with E-state index >= 15 is 0 Å². The van der Waals surface area contributed by atoms with Crippen molar-refractivity contribution in [3.8, 4) is 5.75 Å². The zero-order chi connectivity index (χ0) is 28.1. The van der Waals surface area contributed by atoms with Crippen LogP contribution in [0.1, 0.15) is 21.9 Å². The first-order valence-corrected chi connectivity index (χ1v) is 12.0. The van der Waals surface area contributed by atoms with Crippen LogP contribution in [-0.4, -0.2) is 56.5 Å². The minimum Gasteiger partial charge on any atom is -0.483 e. The second-order valence-electron chi connectivity index (χ2n) is 8.60. The highest BCUT2D eigenvalue weighted by molar-refractivity contribution is 6.30. The summed E-state index contributed by atoms with van der Waals surface area (Å²) in [4.78, 5) is 52.4. The Balaban J connectivity index is 1.50. The molecule has 0 saturated carbocycles. The number of nitrogens with one attached hydrogen (secondary N) is 2. The van der Waals surface area contributed by atoms with Gasteiger partial charge in [0.2, 0.25) is 5.76 Å². The molecule has 0 bridgehead atoms. The van der Waals surface area contributed by atoms with Crippen LogP contribution in [0.25, 0.3) is 6.08 Å². The number of esters is 1. The van der Waals surface area contributed by atoms with Gasteiger partial charge in [-0.05, 0) is 54.6 Å². The molecular formula is C27H25ClN4O7. The molecule has 1 aliphatic heterocycles. The van der Waals surface area contributed by atoms with Crippen LogP contribution in [0.2, 0.25) is 5.02 Å². The van der Waals surface area contributed by atoms with Crippen LogP contribution in [0, 0.1) is 0 Å². The molecule has 0 aliphatic carbocycles. The third-order valence-corrected chi connectivity index (χ3v) is 5.88. The van der Waals surface area contributed by atoms with Gasteiger partial charge in [-0.2, -0.15) is 0 Å². The van der Waals surface area contributed by atoms with E-state index in [0.29, 0.717) is 22.0 Å². The largest absolute Gasteiger partial charge is 0.483 e. The summed E-state index contributed by atoms with van der Waals surface area (Å²) in [7, 11) is 4.92. The van der Waals surface area contributed by atoms with Crippen LogP contribution in [0.5, 0.6) is 5.75 Å². The van der Waals surface area contributed by atoms with Crippen molar-refractivity contribution in [1.29, 1.82) is 0 Å². The molecule has 1 aromatic heterocycles. The number of rotatable bonds is 9. The van der Waals surface area contributed by atoms with Crippen LogP contribution < -0.4 is 20.3 Å². The van der Waals surface area contributed by atoms with Gasteiger partial charge in [0, 0.05) is 42.1 Å². The number of hydrogen-bond acceptors (Lipinski definition) is 8. The maximum atomic E-state index is 13.0. The fourth-order valence-electron chi connectivity index (χ4n) is 3.62. The molecule has 2 heterocycles. The van der Waals surface area contributed by atoms with Crippen molar-refractivity contribution < 1.29 is 33.1 Å². The van der Waals surface area contributed by atoms with Crippen molar-refractivity contribution in [2.45, 2.75) is 6.54 Å². The lowest BCUT2D eigenvalue weighted by Crippen LogP contribution is -2.30. The Kier molecular flexibility index (Phi) is 8.21. The summed E-state index contributed by atoms with van der Waals surface area (Å²) in [6.45, 7) is -0.490. The second kappa shape index (κ2) is 11.7. The van der Waals surface area contributed by atoms with Gasteiger partial charge in [-0.1, -0.05) is 11.6 Å². The number of benzene rings is 2. The number of anilines is 2. The molecule has 4 rings (SSSR count). The van der Waals surface area contributed by atoms with Crippen molar-refractivity contribution in [3.63, 3.8) is 0 Å². The number of halogens is 1. The number of nitrogens with zero attached hydrogens (tertiary/aromatic N) is 2. The Morgan fingerprint density at radius 3 is 2.54 bits per heavy atom. The third-order valence-electron chi connectivity index (χ3n) is 5.62. The predicted molar refractivity (Wildman–Crippen MR) is 143 cm³/mol. The van der Waals surface area contributed by atoms with Gasteiger partial charge in [-0.25, -0.2) is 9.59 Å². The van der Waals surface area contributed by atoms with Gasteiger partial charge in [0.05, 0.1) is 13.7 Å². The highest BCUT2D eigenvalue weighted by atomic mass is 35.5. The molecule has 0 spiro atoms. The lowest BCUT2D eigenvalue weighted by molar-refractivity contribution is -0.123. The Labute approximate surface area is 228 Å². The zero-order valence-electron chi connectivity index (χ0n) is 21.3. The maximum absolute atomic E-state index is 13.0. The summed E-state index contributed by atoms with van der Waals surface area (Å²) in [6, 6.07) is 14.1. The highest BCUT2D eigenvalue weighted by Crippen LogP contribution is 2.28. The quantitative estimate of drug-likeness (QED) is 0.232. The number of urea groups is 1. The third kappa shape index (κ3) is 6.57. The van der Waals surface area contributed by atoms with E-state index in [2.05, 4.69) is 15.4 Å². The van der Waals surface area contributed by atoms with E-state index in [1.807, 2.05) is 25.1 Å². The second-order valence-corrected chi connectivity index (χ2v) is 9.03. The topological polar surface area (TPSA) is 130 Å². The summed E-state index contributed by atoms with van der Waals surface area (Å²) < 4.78 is 15.8. The summed E-state index contributed by atoms with van der Waals surface area (Å²) >= 11 is 5.88. The molecule has 3 aromatic rings. The fourth-order valence-corrected chi connectivity index (χ4v) is 3.74. The van der Waals surface area contributed by atoms with E-state index in [0.717, 1.165) is 10.6 Å². The van der Waals surface area contributed by atoms with Crippen LogP contribution in [0.3, 0.4) is 0 Å². The molecule has 202 valence electrons. The zero-order valence-corrected chi connectivity index (χ0v) is 22.1. The molecule has 1 saturated heterocycles. The van der Waals surface area contributed by atoms with Crippen molar-refractivity contribution >= 4 is 52.9 Å². The van der Waals surface area contributed by atoms with E-state index in [1.54, 1.807) is 36.4 Å². The maximum Gasteiger partial charge on any atom is 0.373 e. The lowest BCUT2D eigenvalue weighted by atomic mass is 10.1. The first-order valence-electron chi connectivity index (χ1n) is 11.7. The molecule has 1 aliphatic rings. The number of carbonyl (C=O) groups excluding carboxylic acids is 4. The van der Waals surface area contributed by atoms with Crippen LogP contribution in [-0.2, 0) is 20.9 Å². The van der Waals surface area contributed by atoms with Gasteiger partial charge in [0.25, 0.3) is 11.8 Å². The molecule has 0 radical (unpaired) electrons.